The number of aliphatic carboxylic acids is 1. The minimum Gasteiger partial charge on any atom is -0.481 e. The molecule has 3 N–H and O–H groups in total. The molecule has 1 fully saturated rings. The Bertz CT molecular complexity index is 523. The molecule has 1 aliphatic rings. The minimum atomic E-state index is -1.19. The maximum Gasteiger partial charge on any atom is 0.314 e. The Morgan fingerprint density at radius 1 is 1.63 bits per heavy atom. The third-order valence-electron chi connectivity index (χ3n) is 3.59. The summed E-state index contributed by atoms with van der Waals surface area (Å²) in [4.78, 5) is 11.7. The molecule has 0 bridgehead atoms. The first-order chi connectivity index (χ1) is 8.86. The van der Waals surface area contributed by atoms with Crippen molar-refractivity contribution in [3.8, 4) is 0 Å². The van der Waals surface area contributed by atoms with Crippen LogP contribution in [0.5, 0.6) is 0 Å². The number of anilines is 1. The normalized spacial score (nSPS) is 27.2. The summed E-state index contributed by atoms with van der Waals surface area (Å²) >= 11 is 3.16. The summed E-state index contributed by atoms with van der Waals surface area (Å²) in [6.07, 6.45) is 0.362. The molecule has 1 heterocycles. The highest BCUT2D eigenvalue weighted by atomic mass is 79.9. The summed E-state index contributed by atoms with van der Waals surface area (Å²) < 4.78 is 19.4. The van der Waals surface area contributed by atoms with Gasteiger partial charge in [0.2, 0.25) is 0 Å². The van der Waals surface area contributed by atoms with E-state index in [9.17, 15) is 14.3 Å². The standard InChI is InChI=1S/C13H15BrFNO3/c1-7-6-13(12(17)18,2-3-19-7)9-4-8(15)5-10(14)11(9)16/h4-5,7H,2-3,6,16H2,1H3,(H,17,18). The van der Waals surface area contributed by atoms with Crippen molar-refractivity contribution in [2.45, 2.75) is 31.3 Å². The molecule has 1 saturated heterocycles. The van der Waals surface area contributed by atoms with Gasteiger partial charge in [0.1, 0.15) is 5.82 Å². The first kappa shape index (κ1) is 14.3. The lowest BCUT2D eigenvalue weighted by molar-refractivity contribution is -0.150. The van der Waals surface area contributed by atoms with Gasteiger partial charge >= 0.3 is 5.97 Å². The number of hydrogen-bond donors (Lipinski definition) is 2. The van der Waals surface area contributed by atoms with Crippen LogP contribution in [0.3, 0.4) is 0 Å². The van der Waals surface area contributed by atoms with E-state index < -0.39 is 17.2 Å². The van der Waals surface area contributed by atoms with Gasteiger partial charge in [-0.15, -0.1) is 0 Å². The second-order valence-electron chi connectivity index (χ2n) is 4.87. The summed E-state index contributed by atoms with van der Waals surface area (Å²) in [6, 6.07) is 2.45. The summed E-state index contributed by atoms with van der Waals surface area (Å²) in [5.41, 5.74) is 5.34. The average molecular weight is 332 g/mol. The molecule has 4 nitrogen and oxygen atoms in total. The monoisotopic (exact) mass is 331 g/mol. The highest BCUT2D eigenvalue weighted by Gasteiger charge is 2.45. The van der Waals surface area contributed by atoms with Crippen molar-refractivity contribution in [3.05, 3.63) is 28.0 Å². The van der Waals surface area contributed by atoms with Crippen molar-refractivity contribution < 1.29 is 19.0 Å². The molecule has 104 valence electrons. The molecule has 0 saturated carbocycles. The van der Waals surface area contributed by atoms with Crippen LogP contribution >= 0.6 is 15.9 Å². The molecule has 0 aromatic heterocycles. The van der Waals surface area contributed by atoms with E-state index in [0.29, 0.717) is 16.6 Å². The lowest BCUT2D eigenvalue weighted by atomic mass is 9.72. The van der Waals surface area contributed by atoms with Crippen LogP contribution in [0.1, 0.15) is 25.3 Å². The first-order valence-corrected chi connectivity index (χ1v) is 6.76. The van der Waals surface area contributed by atoms with Crippen LogP contribution in [0.15, 0.2) is 16.6 Å². The fraction of sp³-hybridized carbons (Fsp3) is 0.462. The summed E-state index contributed by atoms with van der Waals surface area (Å²) in [5, 5.41) is 9.62. The molecule has 0 amide bonds. The molecule has 1 aromatic carbocycles. The topological polar surface area (TPSA) is 72.5 Å². The van der Waals surface area contributed by atoms with Crippen molar-refractivity contribution in [1.82, 2.24) is 0 Å². The van der Waals surface area contributed by atoms with Gasteiger partial charge in [0, 0.05) is 11.1 Å². The lowest BCUT2D eigenvalue weighted by Gasteiger charge is -2.37. The second kappa shape index (κ2) is 5.09. The van der Waals surface area contributed by atoms with E-state index in [1.807, 2.05) is 0 Å². The van der Waals surface area contributed by atoms with Crippen LogP contribution in [-0.4, -0.2) is 23.8 Å². The van der Waals surface area contributed by atoms with Crippen molar-refractivity contribution in [2.24, 2.45) is 0 Å². The Balaban J connectivity index is 2.60. The zero-order valence-corrected chi connectivity index (χ0v) is 12.0. The number of carbonyl (C=O) groups is 1. The Morgan fingerprint density at radius 2 is 2.32 bits per heavy atom. The second-order valence-corrected chi connectivity index (χ2v) is 5.73. The van der Waals surface area contributed by atoms with Gasteiger partial charge in [0.05, 0.1) is 17.2 Å². The van der Waals surface area contributed by atoms with Crippen LogP contribution < -0.4 is 5.73 Å². The number of rotatable bonds is 2. The molecule has 0 radical (unpaired) electrons. The number of ether oxygens (including phenoxy) is 1. The third kappa shape index (κ3) is 2.47. The number of carboxylic acids is 1. The van der Waals surface area contributed by atoms with Crippen LogP contribution in [0.2, 0.25) is 0 Å². The maximum absolute atomic E-state index is 13.6. The predicted octanol–water partition coefficient (Wildman–Crippen LogP) is 2.69. The molecule has 2 rings (SSSR count). The Labute approximate surface area is 118 Å². The molecule has 6 heteroatoms. The van der Waals surface area contributed by atoms with E-state index in [4.69, 9.17) is 10.5 Å². The van der Waals surface area contributed by atoms with Crippen LogP contribution in [0, 0.1) is 5.82 Å². The van der Waals surface area contributed by atoms with Gasteiger partial charge in [0.25, 0.3) is 0 Å². The number of nitrogens with two attached hydrogens (primary N) is 1. The van der Waals surface area contributed by atoms with Gasteiger partial charge in [-0.3, -0.25) is 4.79 Å². The smallest absolute Gasteiger partial charge is 0.314 e. The SMILES string of the molecule is CC1CC(C(=O)O)(c2cc(F)cc(Br)c2N)CCO1. The van der Waals surface area contributed by atoms with E-state index in [1.165, 1.54) is 12.1 Å². The molecule has 1 aromatic rings. The number of carboxylic acid groups (broad SMARTS) is 1. The molecule has 0 spiro atoms. The average Bonchev–Trinajstić information content (AvgIpc) is 2.33. The van der Waals surface area contributed by atoms with Crippen LogP contribution in [-0.2, 0) is 14.9 Å². The predicted molar refractivity (Wildman–Crippen MR) is 72.5 cm³/mol. The van der Waals surface area contributed by atoms with Gasteiger partial charge in [-0.2, -0.15) is 0 Å². The van der Waals surface area contributed by atoms with Gasteiger partial charge in [-0.05, 0) is 53.4 Å². The maximum atomic E-state index is 13.6. The van der Waals surface area contributed by atoms with Crippen LogP contribution in [0.4, 0.5) is 10.1 Å². The van der Waals surface area contributed by atoms with E-state index in [1.54, 1.807) is 6.92 Å². The number of halogens is 2. The Hall–Kier alpha value is -1.14. The molecular weight excluding hydrogens is 317 g/mol. The van der Waals surface area contributed by atoms with Crippen molar-refractivity contribution in [3.63, 3.8) is 0 Å². The van der Waals surface area contributed by atoms with Crippen molar-refractivity contribution >= 4 is 27.6 Å². The molecule has 2 atom stereocenters. The van der Waals surface area contributed by atoms with Crippen LogP contribution in [0.25, 0.3) is 0 Å². The van der Waals surface area contributed by atoms with Crippen molar-refractivity contribution in [1.29, 1.82) is 0 Å². The van der Waals surface area contributed by atoms with Gasteiger partial charge in [0.15, 0.2) is 0 Å². The largest absolute Gasteiger partial charge is 0.481 e. The third-order valence-corrected chi connectivity index (χ3v) is 4.24. The minimum absolute atomic E-state index is 0.203. The molecule has 2 unspecified atom stereocenters. The molecule has 19 heavy (non-hydrogen) atoms. The number of hydrogen-bond acceptors (Lipinski definition) is 3. The Kier molecular flexibility index (Phi) is 3.82. The van der Waals surface area contributed by atoms with E-state index in [-0.39, 0.29) is 24.6 Å². The quantitative estimate of drug-likeness (QED) is 0.817. The van der Waals surface area contributed by atoms with Gasteiger partial charge in [-0.1, -0.05) is 0 Å². The summed E-state index contributed by atoms with van der Waals surface area (Å²) in [5.74, 6) is -1.50. The first-order valence-electron chi connectivity index (χ1n) is 5.97. The van der Waals surface area contributed by atoms with E-state index in [2.05, 4.69) is 15.9 Å². The summed E-state index contributed by atoms with van der Waals surface area (Å²) in [6.45, 7) is 2.13. The lowest BCUT2D eigenvalue weighted by Crippen LogP contribution is -2.44. The fourth-order valence-electron chi connectivity index (χ4n) is 2.62. The fourth-order valence-corrected chi connectivity index (χ4v) is 3.05. The van der Waals surface area contributed by atoms with Gasteiger partial charge in [-0.25, -0.2) is 4.39 Å². The molecular formula is C13H15BrFNO3. The molecule has 1 aliphatic heterocycles. The highest BCUT2D eigenvalue weighted by molar-refractivity contribution is 9.10. The van der Waals surface area contributed by atoms with Gasteiger partial charge < -0.3 is 15.6 Å². The molecule has 0 aliphatic carbocycles. The van der Waals surface area contributed by atoms with E-state index >= 15 is 0 Å². The van der Waals surface area contributed by atoms with Crippen molar-refractivity contribution in [2.75, 3.05) is 12.3 Å². The zero-order chi connectivity index (χ0) is 14.2. The Morgan fingerprint density at radius 3 is 2.89 bits per heavy atom. The highest BCUT2D eigenvalue weighted by Crippen LogP contribution is 2.42. The van der Waals surface area contributed by atoms with E-state index in [0.717, 1.165) is 0 Å². The zero-order valence-electron chi connectivity index (χ0n) is 10.5. The summed E-state index contributed by atoms with van der Waals surface area (Å²) in [7, 11) is 0. The number of benzene rings is 1. The number of nitrogen functional groups attached to an aromatic ring is 1.